The summed E-state index contributed by atoms with van der Waals surface area (Å²) in [5, 5.41) is 6.78. The largest absolute Gasteiger partial charge is 0.336 e. The maximum absolute atomic E-state index is 12.1. The van der Waals surface area contributed by atoms with E-state index in [1.54, 1.807) is 18.1 Å². The van der Waals surface area contributed by atoms with Gasteiger partial charge >= 0.3 is 0 Å². The zero-order valence-corrected chi connectivity index (χ0v) is 13.6. The van der Waals surface area contributed by atoms with Crippen LogP contribution in [0.1, 0.15) is 17.5 Å². The second-order valence-electron chi connectivity index (χ2n) is 5.45. The number of aryl methyl sites for hydroxylation is 2. The summed E-state index contributed by atoms with van der Waals surface area (Å²) in [6, 6.07) is 5.74. The Morgan fingerprint density at radius 3 is 2.78 bits per heavy atom. The van der Waals surface area contributed by atoms with Crippen LogP contribution in [-0.4, -0.2) is 45.1 Å². The van der Waals surface area contributed by atoms with E-state index in [9.17, 15) is 9.59 Å². The van der Waals surface area contributed by atoms with Gasteiger partial charge in [-0.3, -0.25) is 14.3 Å². The average Bonchev–Trinajstić information content (AvgIpc) is 3.02. The van der Waals surface area contributed by atoms with Gasteiger partial charge in [-0.2, -0.15) is 5.10 Å². The van der Waals surface area contributed by atoms with Crippen LogP contribution in [0, 0.1) is 13.8 Å². The Balaban J connectivity index is 1.84. The van der Waals surface area contributed by atoms with Gasteiger partial charge in [0, 0.05) is 19.2 Å². The molecular weight excluding hydrogens is 294 g/mol. The third-order valence-corrected chi connectivity index (χ3v) is 3.71. The molecule has 2 rings (SSSR count). The van der Waals surface area contributed by atoms with E-state index in [0.29, 0.717) is 6.54 Å². The predicted molar refractivity (Wildman–Crippen MR) is 86.8 cm³/mol. The maximum atomic E-state index is 12.1. The average molecular weight is 315 g/mol. The van der Waals surface area contributed by atoms with Gasteiger partial charge in [0.2, 0.25) is 11.8 Å². The molecule has 0 spiro atoms. The van der Waals surface area contributed by atoms with Crippen molar-refractivity contribution in [2.45, 2.75) is 26.8 Å². The number of hydrogen-bond acceptors (Lipinski definition) is 4. The Kier molecular flexibility index (Phi) is 5.46. The highest BCUT2D eigenvalue weighted by Gasteiger charge is 2.14. The van der Waals surface area contributed by atoms with Gasteiger partial charge in [-0.05, 0) is 31.0 Å². The first-order valence-electron chi connectivity index (χ1n) is 7.40. The molecule has 0 fully saturated rings. The minimum atomic E-state index is -0.213. The van der Waals surface area contributed by atoms with Crippen molar-refractivity contribution in [3.05, 3.63) is 42.0 Å². The molecule has 2 amide bonds. The molecule has 0 aliphatic heterocycles. The van der Waals surface area contributed by atoms with Gasteiger partial charge < -0.3 is 10.2 Å². The van der Waals surface area contributed by atoms with Crippen molar-refractivity contribution < 1.29 is 9.59 Å². The summed E-state index contributed by atoms with van der Waals surface area (Å²) in [6.45, 7) is 4.41. The number of nitrogens with one attached hydrogen (secondary N) is 1. The number of nitrogens with zero attached hydrogens (tertiary/aromatic N) is 4. The molecule has 1 aromatic heterocycles. The van der Waals surface area contributed by atoms with Crippen LogP contribution in [0.25, 0.3) is 0 Å². The number of amides is 2. The highest BCUT2D eigenvalue weighted by Crippen LogP contribution is 2.17. The van der Waals surface area contributed by atoms with Crippen LogP contribution in [0.2, 0.25) is 0 Å². The molecule has 0 unspecified atom stereocenters. The van der Waals surface area contributed by atoms with Crippen LogP contribution in [0.3, 0.4) is 0 Å². The fourth-order valence-electron chi connectivity index (χ4n) is 2.13. The molecule has 0 aliphatic rings. The SMILES string of the molecule is Cc1cccc(NC(=O)CN(C)C(=O)CCn2cncn2)c1C. The third kappa shape index (κ3) is 4.64. The van der Waals surface area contributed by atoms with Gasteiger partial charge in [0.15, 0.2) is 0 Å². The Bertz CT molecular complexity index is 682. The molecule has 7 nitrogen and oxygen atoms in total. The monoisotopic (exact) mass is 315 g/mol. The lowest BCUT2D eigenvalue weighted by atomic mass is 10.1. The molecule has 0 radical (unpaired) electrons. The lowest BCUT2D eigenvalue weighted by molar-refractivity contribution is -0.133. The summed E-state index contributed by atoms with van der Waals surface area (Å²) >= 11 is 0. The van der Waals surface area contributed by atoms with Crippen LogP contribution in [-0.2, 0) is 16.1 Å². The third-order valence-electron chi connectivity index (χ3n) is 3.71. The topological polar surface area (TPSA) is 80.1 Å². The zero-order chi connectivity index (χ0) is 16.8. The summed E-state index contributed by atoms with van der Waals surface area (Å²) in [5.41, 5.74) is 2.92. The standard InChI is InChI=1S/C16H21N5O2/c1-12-5-4-6-14(13(12)2)19-15(22)9-20(3)16(23)7-8-21-11-17-10-18-21/h4-6,10-11H,7-9H2,1-3H3,(H,19,22). The fourth-order valence-corrected chi connectivity index (χ4v) is 2.13. The van der Waals surface area contributed by atoms with Crippen molar-refractivity contribution in [2.75, 3.05) is 18.9 Å². The second kappa shape index (κ2) is 7.53. The molecule has 7 heteroatoms. The van der Waals surface area contributed by atoms with E-state index in [1.807, 2.05) is 32.0 Å². The lowest BCUT2D eigenvalue weighted by Crippen LogP contribution is -2.35. The van der Waals surface area contributed by atoms with Gasteiger partial charge in [-0.15, -0.1) is 0 Å². The Morgan fingerprint density at radius 2 is 2.09 bits per heavy atom. The summed E-state index contributed by atoms with van der Waals surface area (Å²) in [5.74, 6) is -0.327. The highest BCUT2D eigenvalue weighted by atomic mass is 16.2. The van der Waals surface area contributed by atoms with Gasteiger partial charge in [-0.25, -0.2) is 4.98 Å². The molecule has 122 valence electrons. The fraction of sp³-hybridized carbons (Fsp3) is 0.375. The molecule has 0 bridgehead atoms. The second-order valence-corrected chi connectivity index (χ2v) is 5.45. The van der Waals surface area contributed by atoms with Crippen molar-refractivity contribution in [3.63, 3.8) is 0 Å². The number of benzene rings is 1. The molecule has 0 aliphatic carbocycles. The van der Waals surface area contributed by atoms with Crippen molar-refractivity contribution in [2.24, 2.45) is 0 Å². The quantitative estimate of drug-likeness (QED) is 0.873. The number of aromatic nitrogens is 3. The number of anilines is 1. The number of carbonyl (C=O) groups is 2. The smallest absolute Gasteiger partial charge is 0.243 e. The molecule has 1 heterocycles. The number of hydrogen-bond donors (Lipinski definition) is 1. The normalized spacial score (nSPS) is 10.4. The molecule has 1 aromatic carbocycles. The van der Waals surface area contributed by atoms with Gasteiger partial charge in [0.05, 0.1) is 13.1 Å². The van der Waals surface area contributed by atoms with Crippen molar-refractivity contribution in [3.8, 4) is 0 Å². The van der Waals surface area contributed by atoms with Crippen LogP contribution in [0.15, 0.2) is 30.9 Å². The highest BCUT2D eigenvalue weighted by molar-refractivity contribution is 5.95. The summed E-state index contributed by atoms with van der Waals surface area (Å²) in [6.07, 6.45) is 3.25. The Hall–Kier alpha value is -2.70. The van der Waals surface area contributed by atoms with Crippen LogP contribution in [0.5, 0.6) is 0 Å². The number of rotatable bonds is 6. The first kappa shape index (κ1) is 16.7. The minimum absolute atomic E-state index is 0.0174. The van der Waals surface area contributed by atoms with E-state index in [1.165, 1.54) is 11.2 Å². The molecule has 0 saturated heterocycles. The number of likely N-dealkylation sites (N-methyl/N-ethyl adjacent to an activating group) is 1. The Morgan fingerprint density at radius 1 is 1.30 bits per heavy atom. The minimum Gasteiger partial charge on any atom is -0.336 e. The molecule has 0 atom stereocenters. The summed E-state index contributed by atoms with van der Waals surface area (Å²) in [4.78, 5) is 29.4. The van der Waals surface area contributed by atoms with Crippen molar-refractivity contribution in [1.82, 2.24) is 19.7 Å². The van der Waals surface area contributed by atoms with Crippen LogP contribution in [0.4, 0.5) is 5.69 Å². The van der Waals surface area contributed by atoms with Crippen molar-refractivity contribution >= 4 is 17.5 Å². The van der Waals surface area contributed by atoms with Crippen LogP contribution >= 0.6 is 0 Å². The Labute approximate surface area is 135 Å². The maximum Gasteiger partial charge on any atom is 0.243 e. The molecule has 2 aromatic rings. The van der Waals surface area contributed by atoms with E-state index in [4.69, 9.17) is 0 Å². The zero-order valence-electron chi connectivity index (χ0n) is 13.6. The van der Waals surface area contributed by atoms with E-state index >= 15 is 0 Å². The van der Waals surface area contributed by atoms with Gasteiger partial charge in [0.25, 0.3) is 0 Å². The molecule has 23 heavy (non-hydrogen) atoms. The summed E-state index contributed by atoms with van der Waals surface area (Å²) in [7, 11) is 1.62. The van der Waals surface area contributed by atoms with E-state index in [2.05, 4.69) is 15.4 Å². The lowest BCUT2D eigenvalue weighted by Gasteiger charge is -2.17. The van der Waals surface area contributed by atoms with Crippen LogP contribution < -0.4 is 5.32 Å². The first-order chi connectivity index (χ1) is 11.0. The summed E-state index contributed by atoms with van der Waals surface area (Å²) < 4.78 is 1.59. The van der Waals surface area contributed by atoms with E-state index in [0.717, 1.165) is 16.8 Å². The van der Waals surface area contributed by atoms with E-state index in [-0.39, 0.29) is 24.8 Å². The van der Waals surface area contributed by atoms with Gasteiger partial charge in [0.1, 0.15) is 12.7 Å². The first-order valence-corrected chi connectivity index (χ1v) is 7.40. The molecule has 0 saturated carbocycles. The van der Waals surface area contributed by atoms with Crippen molar-refractivity contribution in [1.29, 1.82) is 0 Å². The molecule has 1 N–H and O–H groups in total. The van der Waals surface area contributed by atoms with E-state index < -0.39 is 0 Å². The number of carbonyl (C=O) groups excluding carboxylic acids is 2. The predicted octanol–water partition coefficient (Wildman–Crippen LogP) is 1.38. The molecular formula is C16H21N5O2. The van der Waals surface area contributed by atoms with Gasteiger partial charge in [-0.1, -0.05) is 12.1 Å².